The van der Waals surface area contributed by atoms with E-state index in [1.54, 1.807) is 4.31 Å². The maximum atomic E-state index is 14.2. The first-order valence-corrected chi connectivity index (χ1v) is 21.2. The number of hydrogen-bond acceptors (Lipinski definition) is 6. The lowest BCUT2D eigenvalue weighted by Crippen LogP contribution is -2.58. The number of sulfonamides is 1. The Morgan fingerprint density at radius 1 is 0.980 bits per heavy atom. The molecule has 0 aromatic heterocycles. The summed E-state index contributed by atoms with van der Waals surface area (Å²) in [7, 11) is -3.15. The molecule has 3 atom stereocenters. The Morgan fingerprint density at radius 2 is 1.70 bits per heavy atom. The van der Waals surface area contributed by atoms with Gasteiger partial charge in [0.2, 0.25) is 21.8 Å². The first-order valence-electron chi connectivity index (χ1n) is 18.9. The Morgan fingerprint density at radius 3 is 2.40 bits per heavy atom. The molecule has 1 saturated heterocycles. The number of hydrogen-bond donors (Lipinski definition) is 2. The molecule has 2 unspecified atom stereocenters. The number of carbonyl (C=O) groups excluding carboxylic acids is 2. The fraction of sp³-hybridized carbons (Fsp3) is 0.641. The van der Waals surface area contributed by atoms with E-state index in [0.29, 0.717) is 49.6 Å². The monoisotopic (exact) mass is 727 g/mol. The first kappa shape index (κ1) is 38.7. The van der Waals surface area contributed by atoms with Crippen LogP contribution in [0.25, 0.3) is 0 Å². The van der Waals surface area contributed by atoms with Crippen molar-refractivity contribution in [3.8, 4) is 0 Å². The molecule has 11 heteroatoms. The molecule has 1 saturated carbocycles. The number of nitrogens with zero attached hydrogens (tertiary/aromatic N) is 3. The van der Waals surface area contributed by atoms with Crippen LogP contribution in [0.5, 0.6) is 0 Å². The Kier molecular flexibility index (Phi) is 14.6. The average Bonchev–Trinajstić information content (AvgIpc) is 3.12. The van der Waals surface area contributed by atoms with Crippen molar-refractivity contribution < 1.29 is 18.0 Å². The van der Waals surface area contributed by atoms with Crippen LogP contribution in [0, 0.1) is 5.92 Å². The second-order valence-electron chi connectivity index (χ2n) is 14.5. The zero-order valence-electron chi connectivity index (χ0n) is 30.1. The lowest BCUT2D eigenvalue weighted by atomic mass is 9.81. The normalized spacial score (nSPS) is 20.3. The van der Waals surface area contributed by atoms with Crippen molar-refractivity contribution in [2.24, 2.45) is 5.92 Å². The summed E-state index contributed by atoms with van der Waals surface area (Å²) >= 11 is 6.16. The van der Waals surface area contributed by atoms with Gasteiger partial charge in [0, 0.05) is 69.2 Å². The number of amides is 2. The van der Waals surface area contributed by atoms with E-state index in [1.165, 1.54) is 43.9 Å². The van der Waals surface area contributed by atoms with E-state index in [4.69, 9.17) is 11.6 Å². The Labute approximate surface area is 305 Å². The molecule has 2 heterocycles. The van der Waals surface area contributed by atoms with E-state index in [1.807, 2.05) is 48.2 Å². The zero-order valence-corrected chi connectivity index (χ0v) is 31.7. The molecule has 0 bridgehead atoms. The molecule has 2 aromatic rings. The van der Waals surface area contributed by atoms with Crippen LogP contribution in [0.2, 0.25) is 5.02 Å². The van der Waals surface area contributed by atoms with Gasteiger partial charge in [0.25, 0.3) is 0 Å². The summed E-state index contributed by atoms with van der Waals surface area (Å²) < 4.78 is 25.6. The van der Waals surface area contributed by atoms with Gasteiger partial charge < -0.3 is 15.5 Å². The van der Waals surface area contributed by atoms with Gasteiger partial charge in [0.05, 0.1) is 6.26 Å². The Balaban J connectivity index is 1.19. The summed E-state index contributed by atoms with van der Waals surface area (Å²) in [4.78, 5) is 32.3. The van der Waals surface area contributed by atoms with Crippen molar-refractivity contribution in [1.29, 1.82) is 0 Å². The van der Waals surface area contributed by atoms with Gasteiger partial charge in [-0.05, 0) is 73.4 Å². The molecule has 2 fully saturated rings. The maximum absolute atomic E-state index is 14.2. The van der Waals surface area contributed by atoms with Crippen LogP contribution in [0.3, 0.4) is 0 Å². The molecule has 1 aliphatic carbocycles. The van der Waals surface area contributed by atoms with Crippen molar-refractivity contribution in [2.75, 3.05) is 52.1 Å². The highest BCUT2D eigenvalue weighted by molar-refractivity contribution is 7.88. The molecule has 50 heavy (non-hydrogen) atoms. The summed E-state index contributed by atoms with van der Waals surface area (Å²) in [6.07, 6.45) is 13.4. The third-order valence-electron chi connectivity index (χ3n) is 11.1. The Hall–Kier alpha value is -2.50. The molecule has 2 N–H and O–H groups in total. The number of fused-ring (bicyclic) bond motifs is 1. The number of benzene rings is 2. The largest absolute Gasteiger partial charge is 0.344 e. The highest BCUT2D eigenvalue weighted by Gasteiger charge is 2.34. The number of halogens is 1. The molecular weight excluding hydrogens is 670 g/mol. The number of carbonyl (C=O) groups is 2. The van der Waals surface area contributed by atoms with Crippen molar-refractivity contribution >= 4 is 33.4 Å². The fourth-order valence-corrected chi connectivity index (χ4v) is 9.43. The maximum Gasteiger partial charge on any atom is 0.245 e. The zero-order chi connectivity index (χ0) is 35.5. The van der Waals surface area contributed by atoms with E-state index < -0.39 is 16.1 Å². The van der Waals surface area contributed by atoms with Crippen LogP contribution in [-0.2, 0) is 32.5 Å². The van der Waals surface area contributed by atoms with Crippen LogP contribution < -0.4 is 10.6 Å². The molecular formula is C39H58ClN5O4S. The van der Waals surface area contributed by atoms with Crippen LogP contribution in [-0.4, -0.2) is 98.5 Å². The minimum Gasteiger partial charge on any atom is -0.344 e. The molecule has 2 aliphatic heterocycles. The van der Waals surface area contributed by atoms with Gasteiger partial charge in [-0.15, -0.1) is 0 Å². The topological polar surface area (TPSA) is 102 Å². The standard InChI is InChI=1S/C39H58ClN5O4S/c1-3-45(50(2,48)49)23-11-5-8-16-37(32-13-6-4-7-14-32)43-24-26-44(27-25-43)39(47)36(28-30-17-19-33(40)20-18-30)42-38(46)29-35-34-15-10-9-12-31(34)21-22-41-35/h9-10,12,15,17-20,32,35-37,41H,3-8,11,13-14,16,21-29H2,1-2H3,(H,42,46)/t35?,36-,37?/m1/s1. The predicted octanol–water partition coefficient (Wildman–Crippen LogP) is 5.58. The summed E-state index contributed by atoms with van der Waals surface area (Å²) in [5.74, 6) is 0.524. The SMILES string of the molecule is CCN(CCCCCC(C1CCCCC1)N1CCN(C(=O)[C@@H](Cc2ccc(Cl)cc2)NC(=O)CC2NCCc3ccccc32)CC1)S(C)(=O)=O. The van der Waals surface area contributed by atoms with Crippen molar-refractivity contribution in [3.63, 3.8) is 0 Å². The van der Waals surface area contributed by atoms with Crippen LogP contribution in [0.4, 0.5) is 0 Å². The molecule has 5 rings (SSSR count). The van der Waals surface area contributed by atoms with Gasteiger partial charge >= 0.3 is 0 Å². The van der Waals surface area contributed by atoms with Crippen molar-refractivity contribution in [3.05, 3.63) is 70.2 Å². The van der Waals surface area contributed by atoms with E-state index in [9.17, 15) is 18.0 Å². The average molecular weight is 728 g/mol. The molecule has 0 spiro atoms. The summed E-state index contributed by atoms with van der Waals surface area (Å²) in [6.45, 7) is 6.77. The molecule has 3 aliphatic rings. The minimum atomic E-state index is -3.15. The van der Waals surface area contributed by atoms with E-state index in [2.05, 4.69) is 27.7 Å². The minimum absolute atomic E-state index is 0.0227. The van der Waals surface area contributed by atoms with E-state index in [-0.39, 0.29) is 24.3 Å². The van der Waals surface area contributed by atoms with Crippen LogP contribution in [0.1, 0.15) is 93.9 Å². The third-order valence-corrected chi connectivity index (χ3v) is 12.7. The molecule has 0 radical (unpaired) electrons. The van der Waals surface area contributed by atoms with E-state index >= 15 is 0 Å². The van der Waals surface area contributed by atoms with Crippen molar-refractivity contribution in [1.82, 2.24) is 24.7 Å². The van der Waals surface area contributed by atoms with Crippen LogP contribution in [0.15, 0.2) is 48.5 Å². The predicted molar refractivity (Wildman–Crippen MR) is 202 cm³/mol. The smallest absolute Gasteiger partial charge is 0.245 e. The van der Waals surface area contributed by atoms with Gasteiger partial charge in [0.15, 0.2) is 0 Å². The molecule has 276 valence electrons. The van der Waals surface area contributed by atoms with Crippen LogP contribution >= 0.6 is 11.6 Å². The quantitative estimate of drug-likeness (QED) is 0.219. The van der Waals surface area contributed by atoms with Gasteiger partial charge in [-0.2, -0.15) is 0 Å². The summed E-state index contributed by atoms with van der Waals surface area (Å²) in [5, 5.41) is 7.29. The lowest BCUT2D eigenvalue weighted by Gasteiger charge is -2.44. The number of rotatable bonds is 16. The highest BCUT2D eigenvalue weighted by Crippen LogP contribution is 2.32. The number of piperazine rings is 1. The second kappa shape index (κ2) is 18.8. The lowest BCUT2D eigenvalue weighted by molar-refractivity contribution is -0.138. The first-order chi connectivity index (χ1) is 24.1. The van der Waals surface area contributed by atoms with Crippen molar-refractivity contribution in [2.45, 2.75) is 102 Å². The highest BCUT2D eigenvalue weighted by atomic mass is 35.5. The van der Waals surface area contributed by atoms with Gasteiger partial charge in [-0.1, -0.05) is 87.0 Å². The third kappa shape index (κ3) is 11.0. The summed E-state index contributed by atoms with van der Waals surface area (Å²) in [6, 6.07) is 15.6. The summed E-state index contributed by atoms with van der Waals surface area (Å²) in [5.41, 5.74) is 3.40. The molecule has 2 aromatic carbocycles. The number of unbranched alkanes of at least 4 members (excludes halogenated alkanes) is 2. The fourth-order valence-electron chi connectivity index (χ4n) is 8.38. The van der Waals surface area contributed by atoms with Gasteiger partial charge in [-0.3, -0.25) is 14.5 Å². The Bertz CT molecular complexity index is 1490. The van der Waals surface area contributed by atoms with Gasteiger partial charge in [-0.25, -0.2) is 12.7 Å². The second-order valence-corrected chi connectivity index (χ2v) is 17.0. The van der Waals surface area contributed by atoms with Gasteiger partial charge in [0.1, 0.15) is 6.04 Å². The van der Waals surface area contributed by atoms with E-state index in [0.717, 1.165) is 62.9 Å². The molecule has 9 nitrogen and oxygen atoms in total. The molecule has 2 amide bonds. The number of nitrogens with one attached hydrogen (secondary N) is 2.